The van der Waals surface area contributed by atoms with Crippen LogP contribution in [-0.4, -0.2) is 19.5 Å². The minimum Gasteiger partial charge on any atom is -0.307 e. The first-order chi connectivity index (χ1) is 29.7. The van der Waals surface area contributed by atoms with Crippen molar-refractivity contribution in [2.45, 2.75) is 25.2 Å². The van der Waals surface area contributed by atoms with Gasteiger partial charge in [-0.15, -0.1) is 11.3 Å². The van der Waals surface area contributed by atoms with Crippen molar-refractivity contribution in [1.29, 1.82) is 0 Å². The number of allylic oxidation sites excluding steroid dienone is 2. The van der Waals surface area contributed by atoms with Gasteiger partial charge in [-0.3, -0.25) is 0 Å². The molecular weight excluding hydrogens is 749 g/mol. The lowest BCUT2D eigenvalue weighted by molar-refractivity contribution is 0.749. The number of nitrogens with zero attached hydrogens (tertiary/aromatic N) is 4. The van der Waals surface area contributed by atoms with Crippen molar-refractivity contribution >= 4 is 87.7 Å². The van der Waals surface area contributed by atoms with Crippen LogP contribution in [0.1, 0.15) is 39.7 Å². The number of para-hydroxylation sites is 1. The van der Waals surface area contributed by atoms with Crippen LogP contribution in [0.3, 0.4) is 0 Å². The van der Waals surface area contributed by atoms with Crippen molar-refractivity contribution in [2.75, 3.05) is 0 Å². The molecule has 0 bridgehead atoms. The van der Waals surface area contributed by atoms with Gasteiger partial charge in [0.25, 0.3) is 0 Å². The molecule has 3 aromatic heterocycles. The highest BCUT2D eigenvalue weighted by molar-refractivity contribution is 7.20. The summed E-state index contributed by atoms with van der Waals surface area (Å²) in [6, 6.07) is 55.1. The Hall–Kier alpha value is -7.21. The molecule has 0 radical (unpaired) electrons. The molecule has 0 saturated carbocycles. The lowest BCUT2D eigenvalue weighted by atomic mass is 9.86. The van der Waals surface area contributed by atoms with E-state index in [9.17, 15) is 0 Å². The minimum atomic E-state index is -0.0277. The zero-order chi connectivity index (χ0) is 39.3. The number of aromatic nitrogens is 4. The normalized spacial score (nSPS) is 14.8. The Morgan fingerprint density at radius 1 is 0.517 bits per heavy atom. The molecule has 282 valence electrons. The van der Waals surface area contributed by atoms with E-state index in [1.807, 2.05) is 11.3 Å². The third-order valence-corrected chi connectivity index (χ3v) is 14.1. The SMILES string of the molecule is C1=Cc2c(sc3c(-n4c5ccccc5c5cc6ccccc6cc54)c(-c4nc(-c5cccc6ccccc56)nc(C5C=Cc6c(ccc7ccccc67)C5)n4)ccc23)CC1. The van der Waals surface area contributed by atoms with Gasteiger partial charge in [-0.1, -0.05) is 152 Å². The van der Waals surface area contributed by atoms with Gasteiger partial charge in [0, 0.05) is 38.1 Å². The Morgan fingerprint density at radius 2 is 1.23 bits per heavy atom. The van der Waals surface area contributed by atoms with E-state index in [4.69, 9.17) is 15.0 Å². The van der Waals surface area contributed by atoms with Gasteiger partial charge in [-0.25, -0.2) is 15.0 Å². The summed E-state index contributed by atoms with van der Waals surface area (Å²) in [6.07, 6.45) is 12.2. The lowest BCUT2D eigenvalue weighted by Gasteiger charge is -2.21. The molecule has 0 spiro atoms. The van der Waals surface area contributed by atoms with Crippen LogP contribution >= 0.6 is 11.3 Å². The largest absolute Gasteiger partial charge is 0.307 e. The number of fused-ring (bicyclic) bond motifs is 11. The molecule has 8 aromatic carbocycles. The van der Waals surface area contributed by atoms with Gasteiger partial charge in [-0.05, 0) is 92.5 Å². The van der Waals surface area contributed by atoms with Crippen LogP contribution in [0.15, 0.2) is 164 Å². The maximum Gasteiger partial charge on any atom is 0.165 e. The Labute approximate surface area is 350 Å². The summed E-state index contributed by atoms with van der Waals surface area (Å²) in [5.41, 5.74) is 9.41. The van der Waals surface area contributed by atoms with Gasteiger partial charge in [0.1, 0.15) is 5.82 Å². The number of thiophene rings is 1. The fraction of sp³-hybridized carbons (Fsp3) is 0.0727. The first-order valence-corrected chi connectivity index (χ1v) is 21.7. The number of hydrogen-bond donors (Lipinski definition) is 0. The highest BCUT2D eigenvalue weighted by Gasteiger charge is 2.27. The zero-order valence-electron chi connectivity index (χ0n) is 32.6. The second-order valence-electron chi connectivity index (χ2n) is 16.2. The molecule has 0 saturated heterocycles. The van der Waals surface area contributed by atoms with E-state index in [-0.39, 0.29) is 5.92 Å². The van der Waals surface area contributed by atoms with Crippen LogP contribution in [0.4, 0.5) is 0 Å². The first-order valence-electron chi connectivity index (χ1n) is 20.8. The smallest absolute Gasteiger partial charge is 0.165 e. The molecule has 1 unspecified atom stereocenters. The molecule has 0 aliphatic heterocycles. The Bertz CT molecular complexity index is 3650. The summed E-state index contributed by atoms with van der Waals surface area (Å²) < 4.78 is 3.76. The first kappa shape index (κ1) is 33.7. The molecule has 13 rings (SSSR count). The molecule has 0 amide bonds. The predicted molar refractivity (Wildman–Crippen MR) is 252 cm³/mol. The monoisotopic (exact) mass is 784 g/mol. The number of aryl methyl sites for hydroxylation is 1. The van der Waals surface area contributed by atoms with Crippen LogP contribution in [0.5, 0.6) is 0 Å². The molecule has 2 aliphatic rings. The quantitative estimate of drug-likeness (QED) is 0.178. The topological polar surface area (TPSA) is 43.6 Å². The van der Waals surface area contributed by atoms with E-state index in [2.05, 4.69) is 181 Å². The summed E-state index contributed by atoms with van der Waals surface area (Å²) in [5, 5.41) is 11.0. The van der Waals surface area contributed by atoms with Gasteiger partial charge in [0.05, 0.1) is 21.4 Å². The number of benzene rings is 8. The van der Waals surface area contributed by atoms with Crippen molar-refractivity contribution in [3.8, 4) is 28.5 Å². The molecule has 60 heavy (non-hydrogen) atoms. The summed E-state index contributed by atoms with van der Waals surface area (Å²) >= 11 is 1.93. The van der Waals surface area contributed by atoms with Crippen LogP contribution in [0, 0.1) is 0 Å². The van der Waals surface area contributed by atoms with Crippen molar-refractivity contribution in [1.82, 2.24) is 19.5 Å². The summed E-state index contributed by atoms with van der Waals surface area (Å²) in [5.74, 6) is 2.13. The van der Waals surface area contributed by atoms with Crippen molar-refractivity contribution < 1.29 is 0 Å². The fourth-order valence-electron chi connectivity index (χ4n) is 9.93. The third kappa shape index (κ3) is 5.12. The van der Waals surface area contributed by atoms with Crippen LogP contribution < -0.4 is 0 Å². The molecule has 4 nitrogen and oxygen atoms in total. The summed E-state index contributed by atoms with van der Waals surface area (Å²) in [4.78, 5) is 17.9. The average molecular weight is 785 g/mol. The molecule has 0 N–H and O–H groups in total. The summed E-state index contributed by atoms with van der Waals surface area (Å²) in [7, 11) is 0. The van der Waals surface area contributed by atoms with Crippen molar-refractivity contribution in [3.63, 3.8) is 0 Å². The van der Waals surface area contributed by atoms with E-state index in [1.54, 1.807) is 0 Å². The van der Waals surface area contributed by atoms with Gasteiger partial charge in [0.2, 0.25) is 0 Å². The zero-order valence-corrected chi connectivity index (χ0v) is 33.5. The number of hydrogen-bond acceptors (Lipinski definition) is 4. The highest BCUT2D eigenvalue weighted by atomic mass is 32.1. The Morgan fingerprint density at radius 3 is 2.10 bits per heavy atom. The molecule has 2 aliphatic carbocycles. The second kappa shape index (κ2) is 13.2. The Balaban J connectivity index is 1.11. The van der Waals surface area contributed by atoms with Crippen molar-refractivity contribution in [2.24, 2.45) is 0 Å². The molecule has 1 atom stereocenters. The molecule has 11 aromatic rings. The average Bonchev–Trinajstić information content (AvgIpc) is 3.85. The van der Waals surface area contributed by atoms with E-state index in [1.165, 1.54) is 75.0 Å². The van der Waals surface area contributed by atoms with Gasteiger partial charge in [0.15, 0.2) is 11.6 Å². The maximum atomic E-state index is 5.54. The molecule has 0 fully saturated rings. The van der Waals surface area contributed by atoms with E-state index >= 15 is 0 Å². The van der Waals surface area contributed by atoms with Gasteiger partial charge >= 0.3 is 0 Å². The predicted octanol–water partition coefficient (Wildman–Crippen LogP) is 14.3. The fourth-order valence-corrected chi connectivity index (χ4v) is 11.3. The van der Waals surface area contributed by atoms with E-state index in [0.29, 0.717) is 11.6 Å². The lowest BCUT2D eigenvalue weighted by Crippen LogP contribution is -2.13. The summed E-state index contributed by atoms with van der Waals surface area (Å²) in [6.45, 7) is 0. The minimum absolute atomic E-state index is 0.0277. The van der Waals surface area contributed by atoms with Crippen LogP contribution in [0.25, 0.3) is 105 Å². The highest BCUT2D eigenvalue weighted by Crippen LogP contribution is 2.46. The number of rotatable bonds is 4. The molecular formula is C55H36N4S. The van der Waals surface area contributed by atoms with Crippen LogP contribution in [-0.2, 0) is 12.8 Å². The van der Waals surface area contributed by atoms with Gasteiger partial charge < -0.3 is 4.57 Å². The molecule has 3 heterocycles. The standard InChI is InChI=1S/C55H36N4S/c1-2-15-36-32-49-47(31-35(36)14-1)42-19-7-9-22-48(42)59(49)51-46(29-28-44-43-20-8-10-23-50(43)60-52(44)51)55-57-53(56-54(58-55)45-21-11-16-33-12-3-6-18-40(33)45)38-26-27-41-37(30-38)25-24-34-13-4-5-17-39(34)41/h1-9,11-22,24-29,31-32,38H,10,23,30H2. The van der Waals surface area contributed by atoms with E-state index in [0.717, 1.165) is 52.7 Å². The van der Waals surface area contributed by atoms with Gasteiger partial charge in [-0.2, -0.15) is 0 Å². The molecule has 5 heteroatoms. The van der Waals surface area contributed by atoms with E-state index < -0.39 is 0 Å². The second-order valence-corrected chi connectivity index (χ2v) is 17.3. The van der Waals surface area contributed by atoms with Crippen LogP contribution in [0.2, 0.25) is 0 Å². The van der Waals surface area contributed by atoms with Crippen molar-refractivity contribution in [3.05, 3.63) is 191 Å². The maximum absolute atomic E-state index is 5.54. The Kier molecular flexibility index (Phi) is 7.39. The third-order valence-electron chi connectivity index (χ3n) is 12.8.